The second kappa shape index (κ2) is 18.6. The summed E-state index contributed by atoms with van der Waals surface area (Å²) in [5.41, 5.74) is 8.87. The van der Waals surface area contributed by atoms with E-state index in [-0.39, 0.29) is 53.1 Å². The van der Waals surface area contributed by atoms with Crippen molar-refractivity contribution >= 4 is 52.5 Å². The minimum absolute atomic E-state index is 0.0111. The van der Waals surface area contributed by atoms with Crippen LogP contribution in [-0.4, -0.2) is 87.4 Å². The van der Waals surface area contributed by atoms with E-state index in [0.717, 1.165) is 28.5 Å². The molecule has 1 fully saturated rings. The van der Waals surface area contributed by atoms with Gasteiger partial charge in [-0.15, -0.1) is 0 Å². The lowest BCUT2D eigenvalue weighted by Gasteiger charge is -2.34. The van der Waals surface area contributed by atoms with Gasteiger partial charge in [-0.1, -0.05) is 72.8 Å². The average Bonchev–Trinajstić information content (AvgIpc) is 3.47. The molecule has 4 aromatic rings. The topological polar surface area (TPSA) is 184 Å². The first-order chi connectivity index (χ1) is 27.2. The predicted molar refractivity (Wildman–Crippen MR) is 221 cm³/mol. The summed E-state index contributed by atoms with van der Waals surface area (Å²) >= 11 is 1.04. The Bertz CT molecular complexity index is 2110. The zero-order chi connectivity index (χ0) is 41.3. The van der Waals surface area contributed by atoms with Gasteiger partial charge in [0, 0.05) is 18.5 Å². The lowest BCUT2D eigenvalue weighted by atomic mass is 9.99. The zero-order valence-corrected chi connectivity index (χ0v) is 33.3. The van der Waals surface area contributed by atoms with Crippen molar-refractivity contribution in [3.8, 4) is 28.4 Å². The monoisotopic (exact) mass is 793 g/mol. The van der Waals surface area contributed by atoms with Gasteiger partial charge in [0.05, 0.1) is 24.8 Å². The lowest BCUT2D eigenvalue weighted by molar-refractivity contribution is -0.134. The molecule has 0 aromatic heterocycles. The largest absolute Gasteiger partial charge is 0.502 e. The Morgan fingerprint density at radius 3 is 2.05 bits per heavy atom. The number of benzene rings is 4. The van der Waals surface area contributed by atoms with Crippen molar-refractivity contribution in [3.05, 3.63) is 113 Å². The third-order valence-electron chi connectivity index (χ3n) is 9.29. The van der Waals surface area contributed by atoms with E-state index < -0.39 is 41.4 Å². The number of methoxy groups -OCH3 is 2. The number of amides is 4. The summed E-state index contributed by atoms with van der Waals surface area (Å²) < 4.78 is 10.6. The summed E-state index contributed by atoms with van der Waals surface area (Å²) in [5.74, 6) is -1.95. The number of ether oxygens (including phenoxy) is 2. The highest BCUT2D eigenvalue weighted by atomic mass is 32.2. The maximum absolute atomic E-state index is 14.5. The summed E-state index contributed by atoms with van der Waals surface area (Å²) in [7, 11) is 2.78. The van der Waals surface area contributed by atoms with Gasteiger partial charge in [0.2, 0.25) is 17.6 Å². The van der Waals surface area contributed by atoms with Crippen LogP contribution >= 0.6 is 11.8 Å². The third-order valence-corrected chi connectivity index (χ3v) is 10.3. The van der Waals surface area contributed by atoms with Crippen LogP contribution in [0.1, 0.15) is 44.7 Å². The molecule has 0 spiro atoms. The number of nitrogens with zero attached hydrogens (tertiary/aromatic N) is 3. The summed E-state index contributed by atoms with van der Waals surface area (Å²) in [4.78, 5) is 61.7. The third kappa shape index (κ3) is 10.5. The van der Waals surface area contributed by atoms with E-state index in [9.17, 15) is 29.4 Å². The molecule has 13 nitrogen and oxygen atoms in total. The fraction of sp³-hybridized carbons (Fsp3) is 0.279. The highest BCUT2D eigenvalue weighted by molar-refractivity contribution is 8.18. The van der Waals surface area contributed by atoms with Crippen LogP contribution in [0.4, 0.5) is 10.5 Å². The number of hydrogen-bond donors (Lipinski definition) is 4. The lowest BCUT2D eigenvalue weighted by Crippen LogP contribution is -2.55. The van der Waals surface area contributed by atoms with Crippen molar-refractivity contribution in [1.82, 2.24) is 15.1 Å². The number of phenols is 1. The predicted octanol–water partition coefficient (Wildman–Crippen LogP) is 6.82. The molecule has 57 heavy (non-hydrogen) atoms. The van der Waals surface area contributed by atoms with Crippen LogP contribution in [0.15, 0.2) is 107 Å². The summed E-state index contributed by atoms with van der Waals surface area (Å²) in [6.07, 6.45) is 0.728. The van der Waals surface area contributed by atoms with Crippen LogP contribution in [0, 0.1) is 0 Å². The van der Waals surface area contributed by atoms with Crippen molar-refractivity contribution in [3.63, 3.8) is 0 Å². The van der Waals surface area contributed by atoms with Gasteiger partial charge in [-0.25, -0.2) is 9.79 Å². The minimum Gasteiger partial charge on any atom is -0.502 e. The first-order valence-electron chi connectivity index (χ1n) is 18.3. The molecule has 298 valence electrons. The molecule has 4 aromatic carbocycles. The van der Waals surface area contributed by atoms with Crippen LogP contribution < -0.4 is 20.5 Å². The first-order valence-corrected chi connectivity index (χ1v) is 19.1. The van der Waals surface area contributed by atoms with Gasteiger partial charge >= 0.3 is 6.09 Å². The maximum Gasteiger partial charge on any atom is 0.407 e. The fourth-order valence-corrected chi connectivity index (χ4v) is 7.37. The molecule has 14 heteroatoms. The number of para-hydroxylation sites is 1. The van der Waals surface area contributed by atoms with Crippen molar-refractivity contribution in [2.75, 3.05) is 20.8 Å². The standard InChI is InChI=1S/C43H47N5O8S/c1-43(2,3)47(42(53)54)22-12-17-33(39(51)46-32(38(44)50)23-27-18-20-30(21-19-27)29-13-8-6-9-14-29)48-40(52)36(57-41(48)45-31-15-10-7-11-16-31)26-28-24-34(55-4)37(49)35(25-28)56-5/h6-11,13-16,18-21,24-26,32-33,49H,12,17,22-23H2,1-5H3,(H2,44,50)(H,46,51)(H,53,54)/t32-,33-/m0/s1. The number of amidine groups is 1. The van der Waals surface area contributed by atoms with Crippen molar-refractivity contribution < 1.29 is 38.9 Å². The van der Waals surface area contributed by atoms with E-state index in [2.05, 4.69) is 5.32 Å². The van der Waals surface area contributed by atoms with Gasteiger partial charge in [0.15, 0.2) is 16.7 Å². The van der Waals surface area contributed by atoms with Crippen LogP contribution in [0.3, 0.4) is 0 Å². The van der Waals surface area contributed by atoms with Gasteiger partial charge < -0.3 is 35.6 Å². The van der Waals surface area contributed by atoms with Gasteiger partial charge in [-0.3, -0.25) is 19.3 Å². The SMILES string of the molecule is COc1cc(C=C2SC(=Nc3ccccc3)N([C@@H](CCCN(C(=O)O)C(C)(C)C)C(=O)N[C@@H](Cc3ccc(-c4ccccc4)cc3)C(N)=O)C2=O)cc(OC)c1O. The van der Waals surface area contributed by atoms with Crippen LogP contribution in [0.5, 0.6) is 17.2 Å². The van der Waals surface area contributed by atoms with E-state index in [0.29, 0.717) is 11.3 Å². The van der Waals surface area contributed by atoms with Crippen molar-refractivity contribution in [2.45, 2.75) is 57.7 Å². The molecule has 0 bridgehead atoms. The summed E-state index contributed by atoms with van der Waals surface area (Å²) in [6.45, 7) is 5.37. The number of nitrogens with one attached hydrogen (secondary N) is 1. The van der Waals surface area contributed by atoms with Crippen molar-refractivity contribution in [2.24, 2.45) is 10.7 Å². The highest BCUT2D eigenvalue weighted by Crippen LogP contribution is 2.41. The number of hydrogen-bond acceptors (Lipinski definition) is 9. The Morgan fingerprint density at radius 1 is 0.930 bits per heavy atom. The number of thioether (sulfide) groups is 1. The molecular formula is C43H47N5O8S. The van der Waals surface area contributed by atoms with Gasteiger partial charge in [-0.05, 0) is 98.0 Å². The second-order valence-corrected chi connectivity index (χ2v) is 15.3. The summed E-state index contributed by atoms with van der Waals surface area (Å²) in [5, 5.41) is 23.5. The summed E-state index contributed by atoms with van der Waals surface area (Å²) in [6, 6.07) is 27.0. The minimum atomic E-state index is -1.24. The van der Waals surface area contributed by atoms with Crippen LogP contribution in [-0.2, 0) is 20.8 Å². The Balaban J connectivity index is 1.52. The molecule has 0 radical (unpaired) electrons. The number of carbonyl (C=O) groups is 4. The Morgan fingerprint density at radius 2 is 1.51 bits per heavy atom. The van der Waals surface area contributed by atoms with Crippen molar-refractivity contribution in [1.29, 1.82) is 0 Å². The fourth-order valence-electron chi connectivity index (χ4n) is 6.33. The molecule has 5 rings (SSSR count). The van der Waals surface area contributed by atoms with E-state index in [1.165, 1.54) is 36.2 Å². The smallest absolute Gasteiger partial charge is 0.407 e. The first kappa shape index (κ1) is 41.9. The molecule has 4 amide bonds. The van der Waals surface area contributed by atoms with Crippen LogP contribution in [0.2, 0.25) is 0 Å². The average molecular weight is 794 g/mol. The number of primary amides is 1. The molecule has 2 atom stereocenters. The van der Waals surface area contributed by atoms with Gasteiger partial charge in [0.1, 0.15) is 12.1 Å². The number of aromatic hydroxyl groups is 1. The maximum atomic E-state index is 14.5. The Hall–Kier alpha value is -6.28. The number of rotatable bonds is 15. The normalized spacial score (nSPS) is 15.3. The molecule has 1 saturated heterocycles. The quantitative estimate of drug-likeness (QED) is 0.0939. The number of aliphatic imine (C=N–C) groups is 1. The number of phenolic OH excluding ortho intramolecular Hbond substituents is 1. The second-order valence-electron chi connectivity index (χ2n) is 14.3. The molecule has 0 aliphatic carbocycles. The number of nitrogens with two attached hydrogens (primary N) is 1. The molecule has 1 aliphatic rings. The van der Waals surface area contributed by atoms with Gasteiger partial charge in [0.25, 0.3) is 5.91 Å². The molecule has 5 N–H and O–H groups in total. The van der Waals surface area contributed by atoms with Gasteiger partial charge in [-0.2, -0.15) is 0 Å². The Labute approximate surface area is 336 Å². The highest BCUT2D eigenvalue weighted by Gasteiger charge is 2.42. The molecule has 0 saturated carbocycles. The van der Waals surface area contributed by atoms with E-state index >= 15 is 0 Å². The Kier molecular flexibility index (Phi) is 13.6. The van der Waals surface area contributed by atoms with E-state index in [1.807, 2.05) is 60.7 Å². The number of carbonyl (C=O) groups excluding carboxylic acids is 3. The molecular weight excluding hydrogens is 747 g/mol. The molecule has 1 heterocycles. The van der Waals surface area contributed by atoms with Crippen LogP contribution in [0.25, 0.3) is 17.2 Å². The zero-order valence-electron chi connectivity index (χ0n) is 32.5. The molecule has 0 unspecified atom stereocenters. The van der Waals surface area contributed by atoms with E-state index in [1.54, 1.807) is 51.1 Å². The number of carboxylic acid groups (broad SMARTS) is 1. The van der Waals surface area contributed by atoms with E-state index in [4.69, 9.17) is 20.2 Å². The molecule has 1 aliphatic heterocycles.